The van der Waals surface area contributed by atoms with Crippen molar-refractivity contribution in [3.05, 3.63) is 59.1 Å². The first-order chi connectivity index (χ1) is 11.8. The fourth-order valence-electron chi connectivity index (χ4n) is 2.25. The molecule has 2 aromatic carbocycles. The highest BCUT2D eigenvalue weighted by atomic mass is 35.5. The van der Waals surface area contributed by atoms with E-state index in [9.17, 15) is 13.6 Å². The third kappa shape index (κ3) is 6.21. The van der Waals surface area contributed by atoms with E-state index >= 15 is 0 Å². The van der Waals surface area contributed by atoms with E-state index < -0.39 is 6.61 Å². The maximum atomic E-state index is 12.5. The predicted molar refractivity (Wildman–Crippen MR) is 96.3 cm³/mol. The normalized spacial score (nSPS) is 12.1. The third-order valence-electron chi connectivity index (χ3n) is 3.39. The van der Waals surface area contributed by atoms with E-state index in [0.717, 1.165) is 10.5 Å². The number of carbonyl (C=O) groups is 1. The van der Waals surface area contributed by atoms with Crippen molar-refractivity contribution in [3.63, 3.8) is 0 Å². The third-order valence-corrected chi connectivity index (χ3v) is 4.75. The van der Waals surface area contributed by atoms with Gasteiger partial charge in [-0.25, -0.2) is 0 Å². The maximum Gasteiger partial charge on any atom is 0.387 e. The molecule has 134 valence electrons. The lowest BCUT2D eigenvalue weighted by Crippen LogP contribution is -2.32. The highest BCUT2D eigenvalue weighted by Gasteiger charge is 2.19. The fourth-order valence-corrected chi connectivity index (χ4v) is 3.36. The van der Waals surface area contributed by atoms with Gasteiger partial charge in [0, 0.05) is 23.5 Å². The molecule has 0 saturated carbocycles. The smallest absolute Gasteiger partial charge is 0.387 e. The van der Waals surface area contributed by atoms with Crippen molar-refractivity contribution >= 4 is 29.3 Å². The number of carbonyl (C=O) groups excluding carboxylic acids is 1. The summed E-state index contributed by atoms with van der Waals surface area (Å²) in [6.45, 7) is -0.732. The second-order valence-corrected chi connectivity index (χ2v) is 7.28. The summed E-state index contributed by atoms with van der Waals surface area (Å²) in [7, 11) is 1.68. The molecular formula is C18H18ClF2NO2S. The minimum absolute atomic E-state index is 0.0554. The van der Waals surface area contributed by atoms with Gasteiger partial charge in [0.05, 0.1) is 5.25 Å². The van der Waals surface area contributed by atoms with Gasteiger partial charge in [-0.3, -0.25) is 4.79 Å². The predicted octanol–water partition coefficient (Wildman–Crippen LogP) is 5.08. The Labute approximate surface area is 154 Å². The minimum atomic E-state index is -2.87. The standard InChI is InChI=1S/C18H18ClF2NO2S/c1-12(25-16-8-6-14(19)7-9-16)17(23)22(2)11-13-4-3-5-15(10-13)24-18(20)21/h3-10,12,18H,11H2,1-2H3. The Bertz CT molecular complexity index is 712. The Morgan fingerprint density at radius 1 is 1.24 bits per heavy atom. The summed E-state index contributed by atoms with van der Waals surface area (Å²) < 4.78 is 28.9. The van der Waals surface area contributed by atoms with E-state index in [2.05, 4.69) is 4.74 Å². The first kappa shape index (κ1) is 19.5. The Morgan fingerprint density at radius 2 is 1.92 bits per heavy atom. The van der Waals surface area contributed by atoms with Crippen molar-refractivity contribution in [1.82, 2.24) is 4.90 Å². The molecule has 0 aliphatic rings. The lowest BCUT2D eigenvalue weighted by Gasteiger charge is -2.21. The molecule has 0 aromatic heterocycles. The van der Waals surface area contributed by atoms with Crippen LogP contribution in [-0.4, -0.2) is 29.7 Å². The molecule has 0 radical (unpaired) electrons. The summed E-state index contributed by atoms with van der Waals surface area (Å²) in [5.74, 6) is 0.0251. The molecule has 0 spiro atoms. The molecule has 3 nitrogen and oxygen atoms in total. The van der Waals surface area contributed by atoms with Gasteiger partial charge < -0.3 is 9.64 Å². The van der Waals surface area contributed by atoms with E-state index in [1.54, 1.807) is 36.2 Å². The van der Waals surface area contributed by atoms with Crippen LogP contribution in [-0.2, 0) is 11.3 Å². The van der Waals surface area contributed by atoms with Crippen molar-refractivity contribution in [2.75, 3.05) is 7.05 Å². The zero-order chi connectivity index (χ0) is 18.4. The van der Waals surface area contributed by atoms with Crippen LogP contribution in [0.4, 0.5) is 8.78 Å². The number of benzene rings is 2. The van der Waals surface area contributed by atoms with Crippen LogP contribution in [0.3, 0.4) is 0 Å². The van der Waals surface area contributed by atoms with Crippen LogP contribution in [0.1, 0.15) is 12.5 Å². The van der Waals surface area contributed by atoms with Gasteiger partial charge in [-0.15, -0.1) is 11.8 Å². The zero-order valence-corrected chi connectivity index (χ0v) is 15.4. The summed E-state index contributed by atoms with van der Waals surface area (Å²) in [6.07, 6.45) is 0. The number of ether oxygens (including phenoxy) is 1. The Kier molecular flexibility index (Phi) is 7.08. The van der Waals surface area contributed by atoms with Crippen LogP contribution in [0.25, 0.3) is 0 Å². The molecule has 7 heteroatoms. The highest BCUT2D eigenvalue weighted by Crippen LogP contribution is 2.26. The Morgan fingerprint density at radius 3 is 2.56 bits per heavy atom. The number of alkyl halides is 2. The molecule has 0 saturated heterocycles. The first-order valence-electron chi connectivity index (χ1n) is 7.56. The van der Waals surface area contributed by atoms with E-state index in [4.69, 9.17) is 11.6 Å². The van der Waals surface area contributed by atoms with Crippen molar-refractivity contribution in [1.29, 1.82) is 0 Å². The molecule has 1 atom stereocenters. The summed E-state index contributed by atoms with van der Waals surface area (Å²) in [6, 6.07) is 13.6. The van der Waals surface area contributed by atoms with Crippen molar-refractivity contribution < 1.29 is 18.3 Å². The van der Waals surface area contributed by atoms with Gasteiger partial charge in [0.15, 0.2) is 0 Å². The summed E-state index contributed by atoms with van der Waals surface area (Å²) >= 11 is 7.29. The molecule has 1 unspecified atom stereocenters. The van der Waals surface area contributed by atoms with Crippen molar-refractivity contribution in [3.8, 4) is 5.75 Å². The molecule has 2 rings (SSSR count). The second-order valence-electron chi connectivity index (χ2n) is 5.43. The van der Waals surface area contributed by atoms with Crippen LogP contribution in [0.15, 0.2) is 53.4 Å². The number of thioether (sulfide) groups is 1. The van der Waals surface area contributed by atoms with Crippen LogP contribution in [0.2, 0.25) is 5.02 Å². The lowest BCUT2D eigenvalue weighted by atomic mass is 10.2. The van der Waals surface area contributed by atoms with Gasteiger partial charge in [0.25, 0.3) is 0 Å². The monoisotopic (exact) mass is 385 g/mol. The number of amides is 1. The molecule has 0 bridgehead atoms. The molecule has 25 heavy (non-hydrogen) atoms. The first-order valence-corrected chi connectivity index (χ1v) is 8.82. The van der Waals surface area contributed by atoms with Gasteiger partial charge >= 0.3 is 6.61 Å². The summed E-state index contributed by atoms with van der Waals surface area (Å²) in [4.78, 5) is 15.0. The van der Waals surface area contributed by atoms with Gasteiger partial charge in [-0.2, -0.15) is 8.78 Å². The van der Waals surface area contributed by atoms with Gasteiger partial charge in [-0.1, -0.05) is 23.7 Å². The van der Waals surface area contributed by atoms with E-state index in [1.807, 2.05) is 19.1 Å². The topological polar surface area (TPSA) is 29.5 Å². The lowest BCUT2D eigenvalue weighted by molar-refractivity contribution is -0.129. The molecule has 0 aliphatic heterocycles. The largest absolute Gasteiger partial charge is 0.435 e. The number of rotatable bonds is 7. The van der Waals surface area contributed by atoms with Gasteiger partial charge in [0.1, 0.15) is 5.75 Å². The highest BCUT2D eigenvalue weighted by molar-refractivity contribution is 8.00. The number of nitrogens with zero attached hydrogens (tertiary/aromatic N) is 1. The molecule has 0 heterocycles. The molecular weight excluding hydrogens is 368 g/mol. The number of hydrogen-bond donors (Lipinski definition) is 0. The van der Waals surface area contributed by atoms with E-state index in [1.165, 1.54) is 23.9 Å². The summed E-state index contributed by atoms with van der Waals surface area (Å²) in [5, 5.41) is 0.359. The average Bonchev–Trinajstić information content (AvgIpc) is 2.56. The minimum Gasteiger partial charge on any atom is -0.435 e. The Hall–Kier alpha value is -1.79. The number of hydrogen-bond acceptors (Lipinski definition) is 3. The van der Waals surface area contributed by atoms with Crippen LogP contribution >= 0.6 is 23.4 Å². The molecule has 1 amide bonds. The van der Waals surface area contributed by atoms with Gasteiger partial charge in [0.2, 0.25) is 5.91 Å². The van der Waals surface area contributed by atoms with E-state index in [-0.39, 0.29) is 16.9 Å². The van der Waals surface area contributed by atoms with E-state index in [0.29, 0.717) is 11.6 Å². The SMILES string of the molecule is CC(Sc1ccc(Cl)cc1)C(=O)N(C)Cc1cccc(OC(F)F)c1. The molecule has 0 fully saturated rings. The van der Waals surface area contributed by atoms with Crippen LogP contribution in [0, 0.1) is 0 Å². The van der Waals surface area contributed by atoms with Gasteiger partial charge in [-0.05, 0) is 48.9 Å². The van der Waals surface area contributed by atoms with Crippen molar-refractivity contribution in [2.45, 2.75) is 30.2 Å². The summed E-state index contributed by atoms with van der Waals surface area (Å²) in [5.41, 5.74) is 0.720. The number of halogens is 3. The van der Waals surface area contributed by atoms with Crippen molar-refractivity contribution in [2.24, 2.45) is 0 Å². The maximum absolute atomic E-state index is 12.5. The fraction of sp³-hybridized carbons (Fsp3) is 0.278. The van der Waals surface area contributed by atoms with Crippen LogP contribution in [0.5, 0.6) is 5.75 Å². The molecule has 0 aliphatic carbocycles. The Balaban J connectivity index is 1.96. The quantitative estimate of drug-likeness (QED) is 0.622. The second kappa shape index (κ2) is 9.06. The molecule has 2 aromatic rings. The zero-order valence-electron chi connectivity index (χ0n) is 13.8. The van der Waals surface area contributed by atoms with Crippen LogP contribution < -0.4 is 4.74 Å². The average molecular weight is 386 g/mol. The molecule has 0 N–H and O–H groups in total.